The summed E-state index contributed by atoms with van der Waals surface area (Å²) in [6.45, 7) is 8.08. The number of amides is 1. The molecule has 0 aliphatic rings. The van der Waals surface area contributed by atoms with E-state index in [1.807, 2.05) is 64.0 Å². The monoisotopic (exact) mass is 504 g/mol. The lowest BCUT2D eigenvalue weighted by Gasteiger charge is -2.17. The van der Waals surface area contributed by atoms with Crippen LogP contribution in [0.15, 0.2) is 46.9 Å². The maximum absolute atomic E-state index is 13.1. The van der Waals surface area contributed by atoms with Gasteiger partial charge in [-0.3, -0.25) is 4.79 Å². The molecule has 4 rings (SSSR count). The second-order valence-corrected chi connectivity index (χ2v) is 9.19. The Labute approximate surface area is 216 Å². The van der Waals surface area contributed by atoms with Crippen molar-refractivity contribution >= 4 is 11.7 Å². The van der Waals surface area contributed by atoms with Gasteiger partial charge in [0.15, 0.2) is 23.5 Å². The van der Waals surface area contributed by atoms with Crippen LogP contribution in [-0.4, -0.2) is 57.9 Å². The molecule has 0 fully saturated rings. The van der Waals surface area contributed by atoms with Crippen LogP contribution < -0.4 is 14.8 Å². The molecule has 0 radical (unpaired) electrons. The van der Waals surface area contributed by atoms with Crippen molar-refractivity contribution in [2.45, 2.75) is 40.3 Å². The van der Waals surface area contributed by atoms with Crippen molar-refractivity contribution < 1.29 is 18.7 Å². The van der Waals surface area contributed by atoms with Crippen molar-refractivity contribution in [3.8, 4) is 28.9 Å². The van der Waals surface area contributed by atoms with Crippen molar-refractivity contribution in [2.24, 2.45) is 0 Å². The third-order valence-electron chi connectivity index (χ3n) is 5.51. The smallest absolute Gasteiger partial charge is 0.266 e. The predicted octanol–water partition coefficient (Wildman–Crippen LogP) is 4.32. The van der Waals surface area contributed by atoms with Gasteiger partial charge in [0, 0.05) is 24.4 Å². The third kappa shape index (κ3) is 6.34. The van der Waals surface area contributed by atoms with E-state index in [-0.39, 0.29) is 5.91 Å². The van der Waals surface area contributed by atoms with E-state index in [1.54, 1.807) is 36.9 Å². The highest BCUT2D eigenvalue weighted by molar-refractivity contribution is 5.93. The quantitative estimate of drug-likeness (QED) is 0.359. The van der Waals surface area contributed by atoms with Crippen molar-refractivity contribution in [3.63, 3.8) is 0 Å². The number of anilines is 1. The molecule has 1 amide bonds. The van der Waals surface area contributed by atoms with E-state index in [1.165, 1.54) is 0 Å². The summed E-state index contributed by atoms with van der Waals surface area (Å²) in [5, 5.41) is 7.37. The van der Waals surface area contributed by atoms with Crippen molar-refractivity contribution in [1.82, 2.24) is 24.6 Å². The molecule has 37 heavy (non-hydrogen) atoms. The van der Waals surface area contributed by atoms with Gasteiger partial charge < -0.3 is 24.1 Å². The lowest BCUT2D eigenvalue weighted by atomic mass is 10.2. The summed E-state index contributed by atoms with van der Waals surface area (Å²) in [6, 6.07) is 12.8. The number of ether oxygens (including phenoxy) is 2. The fourth-order valence-corrected chi connectivity index (χ4v) is 3.89. The number of carbonyl (C=O) groups is 1. The largest absolute Gasteiger partial charge is 0.497 e. The summed E-state index contributed by atoms with van der Waals surface area (Å²) < 4.78 is 18.8. The Balaban J connectivity index is 1.60. The van der Waals surface area contributed by atoms with Crippen LogP contribution in [0.5, 0.6) is 11.5 Å². The van der Waals surface area contributed by atoms with E-state index in [2.05, 4.69) is 20.4 Å². The molecule has 0 saturated heterocycles. The average molecular weight is 505 g/mol. The van der Waals surface area contributed by atoms with Crippen LogP contribution in [-0.2, 0) is 11.3 Å². The van der Waals surface area contributed by atoms with E-state index in [9.17, 15) is 4.79 Å². The zero-order valence-corrected chi connectivity index (χ0v) is 22.2. The molecule has 10 heteroatoms. The van der Waals surface area contributed by atoms with Gasteiger partial charge in [-0.2, -0.15) is 5.10 Å². The van der Waals surface area contributed by atoms with Crippen molar-refractivity contribution in [2.75, 3.05) is 26.5 Å². The maximum Gasteiger partial charge on any atom is 0.266 e. The van der Waals surface area contributed by atoms with Crippen LogP contribution in [0.3, 0.4) is 0 Å². The van der Waals surface area contributed by atoms with Crippen LogP contribution in [0, 0.1) is 20.8 Å². The van der Waals surface area contributed by atoms with Gasteiger partial charge in [0.25, 0.3) is 5.91 Å². The van der Waals surface area contributed by atoms with Crippen LogP contribution in [0.4, 0.5) is 5.82 Å². The predicted molar refractivity (Wildman–Crippen MR) is 140 cm³/mol. The Morgan fingerprint density at radius 3 is 2.46 bits per heavy atom. The number of aryl methyl sites for hydroxylation is 3. The number of furan rings is 1. The number of aromatic nitrogens is 4. The highest BCUT2D eigenvalue weighted by Crippen LogP contribution is 2.26. The SMILES string of the molecule is COc1cc(CN(C)C)cc(OC(C)C(=O)Nc2cc(-n3nc(C)cc3C)nc(-c3ccc(C)o3)n2)c1. The van der Waals surface area contributed by atoms with Gasteiger partial charge in [-0.25, -0.2) is 14.6 Å². The minimum atomic E-state index is -0.805. The minimum absolute atomic E-state index is 0.306. The number of methoxy groups -OCH3 is 1. The topological polar surface area (TPSA) is 108 Å². The third-order valence-corrected chi connectivity index (χ3v) is 5.51. The van der Waals surface area contributed by atoms with Gasteiger partial charge in [0.05, 0.1) is 12.8 Å². The fraction of sp³-hybridized carbons (Fsp3) is 0.333. The zero-order valence-electron chi connectivity index (χ0n) is 22.2. The molecule has 0 saturated carbocycles. The highest BCUT2D eigenvalue weighted by Gasteiger charge is 2.19. The number of benzene rings is 1. The summed E-state index contributed by atoms with van der Waals surface area (Å²) >= 11 is 0. The van der Waals surface area contributed by atoms with Gasteiger partial charge in [-0.05, 0) is 77.7 Å². The molecule has 10 nitrogen and oxygen atoms in total. The highest BCUT2D eigenvalue weighted by atomic mass is 16.5. The maximum atomic E-state index is 13.1. The molecule has 3 heterocycles. The summed E-state index contributed by atoms with van der Waals surface area (Å²) in [5.41, 5.74) is 2.76. The number of nitrogens with zero attached hydrogens (tertiary/aromatic N) is 5. The second-order valence-electron chi connectivity index (χ2n) is 9.19. The number of rotatable bonds is 9. The summed E-state index contributed by atoms with van der Waals surface area (Å²) in [5.74, 6) is 3.21. The van der Waals surface area contributed by atoms with Crippen LogP contribution in [0.1, 0.15) is 29.6 Å². The van der Waals surface area contributed by atoms with Crippen molar-refractivity contribution in [1.29, 1.82) is 0 Å². The molecule has 1 N–H and O–H groups in total. The Hall–Kier alpha value is -4.18. The Kier molecular flexibility index (Phi) is 7.58. The van der Waals surface area contributed by atoms with E-state index in [0.717, 1.165) is 22.7 Å². The normalized spacial score (nSPS) is 12.0. The van der Waals surface area contributed by atoms with Gasteiger partial charge >= 0.3 is 0 Å². The fourth-order valence-electron chi connectivity index (χ4n) is 3.89. The van der Waals surface area contributed by atoms with Crippen LogP contribution in [0.25, 0.3) is 17.4 Å². The number of hydrogen-bond donors (Lipinski definition) is 1. The van der Waals surface area contributed by atoms with Gasteiger partial charge in [-0.15, -0.1) is 0 Å². The lowest BCUT2D eigenvalue weighted by molar-refractivity contribution is -0.122. The molecular weight excluding hydrogens is 472 g/mol. The molecule has 0 spiro atoms. The molecule has 1 unspecified atom stereocenters. The number of nitrogens with one attached hydrogen (secondary N) is 1. The Morgan fingerprint density at radius 1 is 1.08 bits per heavy atom. The number of carbonyl (C=O) groups excluding carboxylic acids is 1. The standard InChI is InChI=1S/C27H32N6O4/c1-16-10-17(2)33(31-16)25-14-24(28-26(30-25)23-9-8-18(3)36-23)29-27(34)19(4)37-22-12-20(15-32(5)6)11-21(13-22)35-7/h8-14,19H,15H2,1-7H3,(H,28,29,30,34). The summed E-state index contributed by atoms with van der Waals surface area (Å²) in [6.07, 6.45) is -0.805. The van der Waals surface area contributed by atoms with Gasteiger partial charge in [-0.1, -0.05) is 0 Å². The first kappa shape index (κ1) is 25.9. The van der Waals surface area contributed by atoms with E-state index in [0.29, 0.717) is 41.3 Å². The molecular formula is C27H32N6O4. The van der Waals surface area contributed by atoms with Crippen LogP contribution >= 0.6 is 0 Å². The summed E-state index contributed by atoms with van der Waals surface area (Å²) in [7, 11) is 5.56. The summed E-state index contributed by atoms with van der Waals surface area (Å²) in [4.78, 5) is 24.3. The average Bonchev–Trinajstić information content (AvgIpc) is 3.42. The second kappa shape index (κ2) is 10.8. The van der Waals surface area contributed by atoms with E-state index < -0.39 is 6.10 Å². The molecule has 4 aromatic rings. The van der Waals surface area contributed by atoms with E-state index >= 15 is 0 Å². The first-order valence-corrected chi connectivity index (χ1v) is 11.9. The van der Waals surface area contributed by atoms with Gasteiger partial charge in [0.2, 0.25) is 0 Å². The Morgan fingerprint density at radius 2 is 1.84 bits per heavy atom. The minimum Gasteiger partial charge on any atom is -0.497 e. The molecule has 1 aromatic carbocycles. The molecule has 0 bridgehead atoms. The molecule has 0 aliphatic carbocycles. The molecule has 1 atom stereocenters. The molecule has 0 aliphatic heterocycles. The van der Waals surface area contributed by atoms with Crippen molar-refractivity contribution in [3.05, 3.63) is 65.2 Å². The lowest BCUT2D eigenvalue weighted by Crippen LogP contribution is -2.30. The number of hydrogen-bond acceptors (Lipinski definition) is 8. The zero-order chi connectivity index (χ0) is 26.7. The first-order chi connectivity index (χ1) is 17.6. The Bertz CT molecular complexity index is 1410. The molecule has 3 aromatic heterocycles. The first-order valence-electron chi connectivity index (χ1n) is 11.9. The van der Waals surface area contributed by atoms with Crippen LogP contribution in [0.2, 0.25) is 0 Å². The molecule has 194 valence electrons. The van der Waals surface area contributed by atoms with Gasteiger partial charge in [0.1, 0.15) is 23.1 Å². The van der Waals surface area contributed by atoms with E-state index in [4.69, 9.17) is 13.9 Å².